The summed E-state index contributed by atoms with van der Waals surface area (Å²) >= 11 is 0. The maximum absolute atomic E-state index is 11.5. The Morgan fingerprint density at radius 2 is 2.14 bits per heavy atom. The highest BCUT2D eigenvalue weighted by atomic mass is 16.5. The van der Waals surface area contributed by atoms with Crippen molar-refractivity contribution in [1.29, 1.82) is 5.26 Å². The van der Waals surface area contributed by atoms with Crippen LogP contribution < -0.4 is 10.1 Å². The standard InChI is InChI=1S/C16H18N2O4/c1-2-21-14-7-4-3-6-13(14)8-9-16(20)22-12-15(19)18-11-5-10-17/h3-4,6-9H,2,5,11-12H2,1H3,(H,18,19)/b9-8+. The third-order valence-corrected chi connectivity index (χ3v) is 2.52. The average Bonchev–Trinajstić information content (AvgIpc) is 2.52. The van der Waals surface area contributed by atoms with E-state index in [1.54, 1.807) is 12.1 Å². The normalized spacial score (nSPS) is 10.0. The third-order valence-electron chi connectivity index (χ3n) is 2.52. The topological polar surface area (TPSA) is 88.4 Å². The molecule has 0 spiro atoms. The second kappa shape index (κ2) is 10.00. The number of esters is 1. The Labute approximate surface area is 129 Å². The molecule has 0 aliphatic heterocycles. The summed E-state index contributed by atoms with van der Waals surface area (Å²) < 4.78 is 10.2. The van der Waals surface area contributed by atoms with Crippen molar-refractivity contribution in [2.24, 2.45) is 0 Å². The second-order valence-electron chi connectivity index (χ2n) is 4.17. The molecule has 0 aliphatic rings. The van der Waals surface area contributed by atoms with Gasteiger partial charge in [-0.05, 0) is 19.1 Å². The van der Waals surface area contributed by atoms with Gasteiger partial charge in [0.15, 0.2) is 6.61 Å². The largest absolute Gasteiger partial charge is 0.493 e. The van der Waals surface area contributed by atoms with Crippen molar-refractivity contribution in [3.8, 4) is 11.8 Å². The predicted octanol–water partition coefficient (Wildman–Crippen LogP) is 1.67. The molecule has 0 fully saturated rings. The Morgan fingerprint density at radius 3 is 2.86 bits per heavy atom. The van der Waals surface area contributed by atoms with Gasteiger partial charge in [0.2, 0.25) is 0 Å². The van der Waals surface area contributed by atoms with E-state index < -0.39 is 11.9 Å². The van der Waals surface area contributed by atoms with Gasteiger partial charge in [-0.15, -0.1) is 0 Å². The van der Waals surface area contributed by atoms with Crippen LogP contribution in [0.15, 0.2) is 30.3 Å². The number of hydrogen-bond acceptors (Lipinski definition) is 5. The van der Waals surface area contributed by atoms with Gasteiger partial charge in [-0.25, -0.2) is 4.79 Å². The number of benzene rings is 1. The van der Waals surface area contributed by atoms with Crippen LogP contribution in [-0.4, -0.2) is 31.6 Å². The summed E-state index contributed by atoms with van der Waals surface area (Å²) in [4.78, 5) is 22.8. The van der Waals surface area contributed by atoms with E-state index in [9.17, 15) is 9.59 Å². The van der Waals surface area contributed by atoms with E-state index in [-0.39, 0.29) is 19.6 Å². The van der Waals surface area contributed by atoms with Gasteiger partial charge in [0, 0.05) is 18.2 Å². The quantitative estimate of drug-likeness (QED) is 0.448. The molecule has 0 aromatic heterocycles. The fourth-order valence-electron chi connectivity index (χ4n) is 1.56. The van der Waals surface area contributed by atoms with E-state index in [0.29, 0.717) is 12.4 Å². The molecule has 0 unspecified atom stereocenters. The van der Waals surface area contributed by atoms with E-state index >= 15 is 0 Å². The van der Waals surface area contributed by atoms with Gasteiger partial charge in [-0.2, -0.15) is 5.26 Å². The Bertz CT molecular complexity index is 576. The van der Waals surface area contributed by atoms with Crippen molar-refractivity contribution < 1.29 is 19.1 Å². The zero-order chi connectivity index (χ0) is 16.2. The highest BCUT2D eigenvalue weighted by molar-refractivity contribution is 5.89. The van der Waals surface area contributed by atoms with Crippen molar-refractivity contribution in [3.05, 3.63) is 35.9 Å². The first-order valence-corrected chi connectivity index (χ1v) is 6.87. The molecule has 6 nitrogen and oxygen atoms in total. The van der Waals surface area contributed by atoms with Gasteiger partial charge in [-0.1, -0.05) is 18.2 Å². The number of carbonyl (C=O) groups excluding carboxylic acids is 2. The first-order chi connectivity index (χ1) is 10.7. The van der Waals surface area contributed by atoms with Gasteiger partial charge in [0.05, 0.1) is 19.1 Å². The lowest BCUT2D eigenvalue weighted by Crippen LogP contribution is -2.29. The number of carbonyl (C=O) groups is 2. The minimum absolute atomic E-state index is 0.216. The smallest absolute Gasteiger partial charge is 0.331 e. The summed E-state index contributed by atoms with van der Waals surface area (Å²) in [6.07, 6.45) is 3.02. The molecule has 6 heteroatoms. The number of nitrogens with one attached hydrogen (secondary N) is 1. The number of amides is 1. The Morgan fingerprint density at radius 1 is 1.36 bits per heavy atom. The van der Waals surface area contributed by atoms with Crippen LogP contribution >= 0.6 is 0 Å². The first-order valence-electron chi connectivity index (χ1n) is 6.87. The highest BCUT2D eigenvalue weighted by Crippen LogP contribution is 2.19. The molecule has 22 heavy (non-hydrogen) atoms. The zero-order valence-corrected chi connectivity index (χ0v) is 12.4. The van der Waals surface area contributed by atoms with Crippen LogP contribution in [-0.2, 0) is 14.3 Å². The van der Waals surface area contributed by atoms with Gasteiger partial charge in [0.1, 0.15) is 5.75 Å². The number of rotatable bonds is 8. The number of hydrogen-bond donors (Lipinski definition) is 1. The minimum atomic E-state index is -0.623. The molecule has 0 bridgehead atoms. The first kappa shape index (κ1) is 17.2. The average molecular weight is 302 g/mol. The molecule has 0 heterocycles. The van der Waals surface area contributed by atoms with Gasteiger partial charge in [-0.3, -0.25) is 4.79 Å². The SMILES string of the molecule is CCOc1ccccc1/C=C/C(=O)OCC(=O)NCCC#N. The fourth-order valence-corrected chi connectivity index (χ4v) is 1.56. The molecule has 0 saturated carbocycles. The summed E-state index contributed by atoms with van der Waals surface area (Å²) in [6.45, 7) is 2.27. The van der Waals surface area contributed by atoms with Gasteiger partial charge >= 0.3 is 5.97 Å². The van der Waals surface area contributed by atoms with Crippen LogP contribution in [0.2, 0.25) is 0 Å². The summed E-state index contributed by atoms with van der Waals surface area (Å²) in [5.74, 6) is -0.392. The number of nitrogens with zero attached hydrogens (tertiary/aromatic N) is 1. The van der Waals surface area contributed by atoms with Crippen LogP contribution in [0.3, 0.4) is 0 Å². The summed E-state index contributed by atoms with van der Waals surface area (Å²) in [6, 6.07) is 9.18. The van der Waals surface area contributed by atoms with Gasteiger partial charge in [0.25, 0.3) is 5.91 Å². The molecule has 1 aromatic rings. The van der Waals surface area contributed by atoms with Crippen LogP contribution in [0, 0.1) is 11.3 Å². The van der Waals surface area contributed by atoms with Crippen molar-refractivity contribution in [2.45, 2.75) is 13.3 Å². The molecule has 0 aliphatic carbocycles. The molecule has 116 valence electrons. The van der Waals surface area contributed by atoms with Crippen LogP contribution in [0.4, 0.5) is 0 Å². The van der Waals surface area contributed by atoms with E-state index in [4.69, 9.17) is 14.7 Å². The number of nitriles is 1. The lowest BCUT2D eigenvalue weighted by Gasteiger charge is -2.06. The highest BCUT2D eigenvalue weighted by Gasteiger charge is 2.05. The zero-order valence-electron chi connectivity index (χ0n) is 12.4. The van der Waals surface area contributed by atoms with E-state index in [1.807, 2.05) is 31.2 Å². The predicted molar refractivity (Wildman–Crippen MR) is 80.8 cm³/mol. The van der Waals surface area contributed by atoms with E-state index in [1.165, 1.54) is 6.08 Å². The van der Waals surface area contributed by atoms with E-state index in [0.717, 1.165) is 5.56 Å². The molecule has 0 saturated heterocycles. The molecular weight excluding hydrogens is 284 g/mol. The van der Waals surface area contributed by atoms with Crippen molar-refractivity contribution in [2.75, 3.05) is 19.8 Å². The Hall–Kier alpha value is -2.81. The fraction of sp³-hybridized carbons (Fsp3) is 0.312. The molecule has 1 aromatic carbocycles. The van der Waals surface area contributed by atoms with E-state index in [2.05, 4.69) is 5.32 Å². The van der Waals surface area contributed by atoms with Crippen molar-refractivity contribution >= 4 is 18.0 Å². The van der Waals surface area contributed by atoms with Gasteiger partial charge < -0.3 is 14.8 Å². The summed E-state index contributed by atoms with van der Waals surface area (Å²) in [5.41, 5.74) is 0.750. The van der Waals surface area contributed by atoms with Crippen molar-refractivity contribution in [1.82, 2.24) is 5.32 Å². The van der Waals surface area contributed by atoms with Crippen LogP contribution in [0.1, 0.15) is 18.9 Å². The molecule has 1 rings (SSSR count). The van der Waals surface area contributed by atoms with Crippen LogP contribution in [0.5, 0.6) is 5.75 Å². The number of ether oxygens (including phenoxy) is 2. The summed E-state index contributed by atoms with van der Waals surface area (Å²) in [7, 11) is 0. The summed E-state index contributed by atoms with van der Waals surface area (Å²) in [5, 5.41) is 10.8. The molecule has 1 amide bonds. The lowest BCUT2D eigenvalue weighted by atomic mass is 10.2. The lowest BCUT2D eigenvalue weighted by molar-refractivity contribution is -0.143. The van der Waals surface area contributed by atoms with Crippen LogP contribution in [0.25, 0.3) is 6.08 Å². The maximum Gasteiger partial charge on any atom is 0.331 e. The minimum Gasteiger partial charge on any atom is -0.493 e. The Kier molecular flexibility index (Phi) is 7.83. The Balaban J connectivity index is 2.45. The maximum atomic E-state index is 11.5. The second-order valence-corrected chi connectivity index (χ2v) is 4.17. The third kappa shape index (κ3) is 6.57. The molecule has 0 atom stereocenters. The molecule has 0 radical (unpaired) electrons. The molecule has 1 N–H and O–H groups in total. The molecular formula is C16H18N2O4. The number of para-hydroxylation sites is 1. The van der Waals surface area contributed by atoms with Crippen molar-refractivity contribution in [3.63, 3.8) is 0 Å². The monoisotopic (exact) mass is 302 g/mol.